The summed E-state index contributed by atoms with van der Waals surface area (Å²) in [5.74, 6) is 0. The molecule has 0 spiro atoms. The predicted octanol–water partition coefficient (Wildman–Crippen LogP) is 4.41. The second-order valence-corrected chi connectivity index (χ2v) is 6.54. The first-order chi connectivity index (χ1) is 9.72. The molecule has 2 nitrogen and oxygen atoms in total. The van der Waals surface area contributed by atoms with Crippen LogP contribution in [0.2, 0.25) is 0 Å². The van der Waals surface area contributed by atoms with Crippen molar-refractivity contribution in [2.45, 2.75) is 62.6 Å². The van der Waals surface area contributed by atoms with E-state index in [1.165, 1.54) is 23.3 Å². The van der Waals surface area contributed by atoms with Gasteiger partial charge in [-0.05, 0) is 50.1 Å². The summed E-state index contributed by atoms with van der Waals surface area (Å²) < 4.78 is 5.82. The molecule has 1 aliphatic heterocycles. The van der Waals surface area contributed by atoms with Gasteiger partial charge in [-0.2, -0.15) is 0 Å². The lowest BCUT2D eigenvalue weighted by atomic mass is 9.98. The maximum atomic E-state index is 5.82. The standard InChI is InChI=1S/C17H27NOS/c1-4-5-16-12-15(10-11-19-16)18-13(2)14-6-8-17(20-3)9-7-14/h6-9,13,15-16,18H,4-5,10-12H2,1-3H3. The number of hydrogen-bond donors (Lipinski definition) is 1. The minimum absolute atomic E-state index is 0.413. The monoisotopic (exact) mass is 293 g/mol. The third-order valence-corrected chi connectivity index (χ3v) is 4.82. The van der Waals surface area contributed by atoms with Gasteiger partial charge >= 0.3 is 0 Å². The van der Waals surface area contributed by atoms with Crippen LogP contribution in [0.4, 0.5) is 0 Å². The van der Waals surface area contributed by atoms with E-state index in [9.17, 15) is 0 Å². The Hall–Kier alpha value is -0.510. The largest absolute Gasteiger partial charge is 0.378 e. The molecule has 0 bridgehead atoms. The Morgan fingerprint density at radius 3 is 2.75 bits per heavy atom. The number of hydrogen-bond acceptors (Lipinski definition) is 3. The van der Waals surface area contributed by atoms with Gasteiger partial charge in [0.05, 0.1) is 6.10 Å². The van der Waals surface area contributed by atoms with Crippen LogP contribution in [0.25, 0.3) is 0 Å². The average Bonchev–Trinajstić information content (AvgIpc) is 2.48. The van der Waals surface area contributed by atoms with E-state index >= 15 is 0 Å². The molecule has 1 aromatic rings. The van der Waals surface area contributed by atoms with Crippen LogP contribution in [0, 0.1) is 0 Å². The molecule has 1 aromatic carbocycles. The zero-order valence-electron chi connectivity index (χ0n) is 12.9. The third kappa shape index (κ3) is 4.51. The SMILES string of the molecule is CCCC1CC(NC(C)c2ccc(SC)cc2)CCO1. The third-order valence-electron chi connectivity index (χ3n) is 4.08. The normalized spacial score (nSPS) is 24.6. The van der Waals surface area contributed by atoms with Crippen molar-refractivity contribution >= 4 is 11.8 Å². The highest BCUT2D eigenvalue weighted by Crippen LogP contribution is 2.23. The van der Waals surface area contributed by atoms with Crippen LogP contribution in [0.15, 0.2) is 29.2 Å². The van der Waals surface area contributed by atoms with Crippen molar-refractivity contribution in [2.75, 3.05) is 12.9 Å². The van der Waals surface area contributed by atoms with Gasteiger partial charge in [0, 0.05) is 23.6 Å². The van der Waals surface area contributed by atoms with E-state index < -0.39 is 0 Å². The smallest absolute Gasteiger partial charge is 0.0589 e. The van der Waals surface area contributed by atoms with Gasteiger partial charge in [0.1, 0.15) is 0 Å². The molecule has 3 unspecified atom stereocenters. The molecule has 0 saturated carbocycles. The van der Waals surface area contributed by atoms with Gasteiger partial charge < -0.3 is 10.1 Å². The van der Waals surface area contributed by atoms with Gasteiger partial charge in [0.2, 0.25) is 0 Å². The number of benzene rings is 1. The Kier molecular flexibility index (Phi) is 6.40. The fourth-order valence-corrected chi connectivity index (χ4v) is 3.31. The molecule has 0 aliphatic carbocycles. The molecule has 3 heteroatoms. The maximum absolute atomic E-state index is 5.82. The summed E-state index contributed by atoms with van der Waals surface area (Å²) in [6, 6.07) is 9.91. The molecule has 1 heterocycles. The van der Waals surface area contributed by atoms with Gasteiger partial charge in [0.15, 0.2) is 0 Å². The number of thioether (sulfide) groups is 1. The molecule has 1 N–H and O–H groups in total. The number of nitrogens with one attached hydrogen (secondary N) is 1. The van der Waals surface area contributed by atoms with Crippen molar-refractivity contribution in [1.29, 1.82) is 0 Å². The van der Waals surface area contributed by atoms with E-state index in [-0.39, 0.29) is 0 Å². The Morgan fingerprint density at radius 2 is 2.10 bits per heavy atom. The minimum atomic E-state index is 0.413. The van der Waals surface area contributed by atoms with Crippen LogP contribution >= 0.6 is 11.8 Å². The molecule has 112 valence electrons. The Morgan fingerprint density at radius 1 is 1.35 bits per heavy atom. The van der Waals surface area contributed by atoms with Crippen molar-refractivity contribution in [3.05, 3.63) is 29.8 Å². The van der Waals surface area contributed by atoms with Gasteiger partial charge in [-0.3, -0.25) is 0 Å². The van der Waals surface area contributed by atoms with Gasteiger partial charge in [-0.1, -0.05) is 25.5 Å². The van der Waals surface area contributed by atoms with E-state index in [0.29, 0.717) is 18.2 Å². The first-order valence-corrected chi connectivity index (χ1v) is 8.97. The van der Waals surface area contributed by atoms with Gasteiger partial charge in [-0.15, -0.1) is 11.8 Å². The molecule has 20 heavy (non-hydrogen) atoms. The Balaban J connectivity index is 1.87. The van der Waals surface area contributed by atoms with E-state index in [2.05, 4.69) is 49.7 Å². The van der Waals surface area contributed by atoms with Crippen molar-refractivity contribution in [1.82, 2.24) is 5.32 Å². The molecule has 3 atom stereocenters. The van der Waals surface area contributed by atoms with Crippen LogP contribution in [-0.2, 0) is 4.74 Å². The summed E-state index contributed by atoms with van der Waals surface area (Å²) >= 11 is 1.79. The summed E-state index contributed by atoms with van der Waals surface area (Å²) in [6.45, 7) is 5.40. The lowest BCUT2D eigenvalue weighted by Crippen LogP contribution is -2.40. The zero-order valence-corrected chi connectivity index (χ0v) is 13.7. The average molecular weight is 293 g/mol. The van der Waals surface area contributed by atoms with Gasteiger partial charge in [0.25, 0.3) is 0 Å². The highest BCUT2D eigenvalue weighted by atomic mass is 32.2. The summed E-state index contributed by atoms with van der Waals surface area (Å²) in [5, 5.41) is 3.77. The van der Waals surface area contributed by atoms with Crippen molar-refractivity contribution in [3.63, 3.8) is 0 Å². The second kappa shape index (κ2) is 8.06. The highest BCUT2D eigenvalue weighted by molar-refractivity contribution is 7.98. The molecule has 0 aromatic heterocycles. The van der Waals surface area contributed by atoms with E-state index in [1.807, 2.05) is 0 Å². The first-order valence-electron chi connectivity index (χ1n) is 7.74. The quantitative estimate of drug-likeness (QED) is 0.785. The first kappa shape index (κ1) is 15.9. The van der Waals surface area contributed by atoms with E-state index in [1.54, 1.807) is 11.8 Å². The Labute approximate surface area is 127 Å². The van der Waals surface area contributed by atoms with Crippen LogP contribution < -0.4 is 5.32 Å². The van der Waals surface area contributed by atoms with Crippen molar-refractivity contribution in [2.24, 2.45) is 0 Å². The summed E-state index contributed by atoms with van der Waals surface area (Å²) in [5.41, 5.74) is 1.38. The number of rotatable bonds is 6. The molecule has 0 amide bonds. The van der Waals surface area contributed by atoms with Crippen LogP contribution in [0.3, 0.4) is 0 Å². The zero-order chi connectivity index (χ0) is 14.4. The van der Waals surface area contributed by atoms with Gasteiger partial charge in [-0.25, -0.2) is 0 Å². The highest BCUT2D eigenvalue weighted by Gasteiger charge is 2.23. The lowest BCUT2D eigenvalue weighted by molar-refractivity contribution is -0.00472. The fourth-order valence-electron chi connectivity index (χ4n) is 2.90. The van der Waals surface area contributed by atoms with Crippen molar-refractivity contribution < 1.29 is 4.74 Å². The fraction of sp³-hybridized carbons (Fsp3) is 0.647. The number of ether oxygens (including phenoxy) is 1. The second-order valence-electron chi connectivity index (χ2n) is 5.66. The topological polar surface area (TPSA) is 21.3 Å². The summed E-state index contributed by atoms with van der Waals surface area (Å²) in [4.78, 5) is 1.33. The molecular formula is C17H27NOS. The lowest BCUT2D eigenvalue weighted by Gasteiger charge is -2.32. The molecule has 2 rings (SSSR count). The Bertz CT molecular complexity index is 390. The van der Waals surface area contributed by atoms with E-state index in [0.717, 1.165) is 19.4 Å². The molecular weight excluding hydrogens is 266 g/mol. The molecule has 0 radical (unpaired) electrons. The van der Waals surface area contributed by atoms with Crippen LogP contribution in [0.5, 0.6) is 0 Å². The minimum Gasteiger partial charge on any atom is -0.378 e. The molecule has 1 fully saturated rings. The maximum Gasteiger partial charge on any atom is 0.0589 e. The van der Waals surface area contributed by atoms with E-state index in [4.69, 9.17) is 4.74 Å². The molecule has 1 saturated heterocycles. The van der Waals surface area contributed by atoms with Crippen LogP contribution in [-0.4, -0.2) is 25.0 Å². The van der Waals surface area contributed by atoms with Crippen LogP contribution in [0.1, 0.15) is 51.1 Å². The summed E-state index contributed by atoms with van der Waals surface area (Å²) in [7, 11) is 0. The molecule has 1 aliphatic rings. The van der Waals surface area contributed by atoms with Crippen molar-refractivity contribution in [3.8, 4) is 0 Å². The predicted molar refractivity (Wildman–Crippen MR) is 87.4 cm³/mol. The summed E-state index contributed by atoms with van der Waals surface area (Å²) in [6.07, 6.45) is 7.26.